The molecule has 0 amide bonds. The maximum Gasteiger partial charge on any atom is 0.175 e. The van der Waals surface area contributed by atoms with E-state index in [0.29, 0.717) is 4.90 Å². The SMILES string of the molecule is CCCc1cc(S(C)(=O)=O)ccn1. The molecule has 0 spiro atoms. The fourth-order valence-corrected chi connectivity index (χ4v) is 1.74. The Morgan fingerprint density at radius 1 is 1.46 bits per heavy atom. The maximum absolute atomic E-state index is 11.2. The summed E-state index contributed by atoms with van der Waals surface area (Å²) in [7, 11) is -3.08. The van der Waals surface area contributed by atoms with Gasteiger partial charge in [-0.25, -0.2) is 8.42 Å². The number of rotatable bonds is 3. The predicted octanol–water partition coefficient (Wildman–Crippen LogP) is 1.44. The predicted molar refractivity (Wildman–Crippen MR) is 51.3 cm³/mol. The average Bonchev–Trinajstić information content (AvgIpc) is 2.04. The second-order valence-corrected chi connectivity index (χ2v) is 5.02. The van der Waals surface area contributed by atoms with E-state index >= 15 is 0 Å². The molecule has 0 fully saturated rings. The standard InChI is InChI=1S/C9H13NO2S/c1-3-4-8-7-9(5-6-10-8)13(2,11)12/h5-7H,3-4H2,1-2H3. The molecule has 1 aromatic rings. The van der Waals surface area contributed by atoms with Crippen molar-refractivity contribution < 1.29 is 8.42 Å². The summed E-state index contributed by atoms with van der Waals surface area (Å²) in [5.74, 6) is 0. The number of aryl methyl sites for hydroxylation is 1. The molecular formula is C9H13NO2S. The minimum atomic E-state index is -3.08. The van der Waals surface area contributed by atoms with Gasteiger partial charge in [0, 0.05) is 18.1 Å². The van der Waals surface area contributed by atoms with Crippen molar-refractivity contribution in [3.05, 3.63) is 24.0 Å². The van der Waals surface area contributed by atoms with Crippen molar-refractivity contribution in [3.8, 4) is 0 Å². The molecule has 0 aliphatic heterocycles. The van der Waals surface area contributed by atoms with Crippen LogP contribution >= 0.6 is 0 Å². The van der Waals surface area contributed by atoms with Gasteiger partial charge in [0.05, 0.1) is 4.90 Å². The van der Waals surface area contributed by atoms with Crippen LogP contribution < -0.4 is 0 Å². The van der Waals surface area contributed by atoms with Gasteiger partial charge in [0.25, 0.3) is 0 Å². The Balaban J connectivity index is 3.06. The fourth-order valence-electron chi connectivity index (χ4n) is 1.08. The minimum Gasteiger partial charge on any atom is -0.261 e. The zero-order valence-electron chi connectivity index (χ0n) is 7.82. The van der Waals surface area contributed by atoms with Gasteiger partial charge in [0.15, 0.2) is 9.84 Å². The third kappa shape index (κ3) is 2.81. The molecule has 0 aliphatic carbocycles. The van der Waals surface area contributed by atoms with Crippen molar-refractivity contribution in [2.24, 2.45) is 0 Å². The van der Waals surface area contributed by atoms with Crippen LogP contribution in [0.25, 0.3) is 0 Å². The molecule has 1 aromatic heterocycles. The van der Waals surface area contributed by atoms with Crippen LogP contribution in [0.5, 0.6) is 0 Å². The van der Waals surface area contributed by atoms with Gasteiger partial charge < -0.3 is 0 Å². The first kappa shape index (κ1) is 10.2. The molecule has 0 aromatic carbocycles. The molecule has 0 saturated heterocycles. The zero-order valence-corrected chi connectivity index (χ0v) is 8.63. The first-order valence-electron chi connectivity index (χ1n) is 4.19. The van der Waals surface area contributed by atoms with Gasteiger partial charge in [-0.05, 0) is 18.6 Å². The van der Waals surface area contributed by atoms with Crippen LogP contribution in [0, 0.1) is 0 Å². The van der Waals surface area contributed by atoms with Crippen molar-refractivity contribution >= 4 is 9.84 Å². The Morgan fingerprint density at radius 3 is 2.69 bits per heavy atom. The van der Waals surface area contributed by atoms with Crippen LogP contribution in [0.2, 0.25) is 0 Å². The molecule has 13 heavy (non-hydrogen) atoms. The summed E-state index contributed by atoms with van der Waals surface area (Å²) in [5, 5.41) is 0. The van der Waals surface area contributed by atoms with Gasteiger partial charge in [-0.15, -0.1) is 0 Å². The van der Waals surface area contributed by atoms with Crippen LogP contribution in [0.15, 0.2) is 23.2 Å². The number of sulfone groups is 1. The van der Waals surface area contributed by atoms with Crippen molar-refractivity contribution in [2.75, 3.05) is 6.26 Å². The summed E-state index contributed by atoms with van der Waals surface area (Å²) in [4.78, 5) is 4.43. The Bertz CT molecular complexity index is 384. The molecule has 72 valence electrons. The van der Waals surface area contributed by atoms with Crippen molar-refractivity contribution in [1.29, 1.82) is 0 Å². The monoisotopic (exact) mass is 199 g/mol. The zero-order chi connectivity index (χ0) is 9.90. The number of hydrogen-bond donors (Lipinski definition) is 0. The largest absolute Gasteiger partial charge is 0.261 e. The second-order valence-electron chi connectivity index (χ2n) is 3.01. The summed E-state index contributed by atoms with van der Waals surface area (Å²) in [5.41, 5.74) is 0.838. The summed E-state index contributed by atoms with van der Waals surface area (Å²) in [6, 6.07) is 3.16. The molecule has 3 nitrogen and oxygen atoms in total. The molecular weight excluding hydrogens is 186 g/mol. The van der Waals surface area contributed by atoms with Crippen LogP contribution in [0.4, 0.5) is 0 Å². The molecule has 4 heteroatoms. The van der Waals surface area contributed by atoms with Gasteiger partial charge in [-0.1, -0.05) is 13.3 Å². The lowest BCUT2D eigenvalue weighted by Gasteiger charge is -2.00. The summed E-state index contributed by atoms with van der Waals surface area (Å²) < 4.78 is 22.3. The molecule has 0 radical (unpaired) electrons. The number of pyridine rings is 1. The highest BCUT2D eigenvalue weighted by Gasteiger charge is 2.07. The minimum absolute atomic E-state index is 0.353. The first-order valence-corrected chi connectivity index (χ1v) is 6.08. The summed E-state index contributed by atoms with van der Waals surface area (Å²) in [6.07, 6.45) is 4.54. The van der Waals surface area contributed by atoms with E-state index < -0.39 is 9.84 Å². The van der Waals surface area contributed by atoms with E-state index in [1.54, 1.807) is 12.3 Å². The Labute approximate surface area is 78.7 Å². The van der Waals surface area contributed by atoms with E-state index in [1.165, 1.54) is 12.3 Å². The van der Waals surface area contributed by atoms with E-state index in [-0.39, 0.29) is 0 Å². The molecule has 0 aliphatic rings. The number of nitrogens with zero attached hydrogens (tertiary/aromatic N) is 1. The first-order chi connectivity index (χ1) is 6.04. The lowest BCUT2D eigenvalue weighted by atomic mass is 10.2. The van der Waals surface area contributed by atoms with Crippen molar-refractivity contribution in [2.45, 2.75) is 24.7 Å². The molecule has 0 bridgehead atoms. The lowest BCUT2D eigenvalue weighted by molar-refractivity contribution is 0.601. The normalized spacial score (nSPS) is 11.5. The number of aromatic nitrogens is 1. The average molecular weight is 199 g/mol. The van der Waals surface area contributed by atoms with Gasteiger partial charge >= 0.3 is 0 Å². The fraction of sp³-hybridized carbons (Fsp3) is 0.444. The van der Waals surface area contributed by atoms with E-state index in [0.717, 1.165) is 18.5 Å². The third-order valence-corrected chi connectivity index (χ3v) is 2.83. The smallest absolute Gasteiger partial charge is 0.175 e. The summed E-state index contributed by atoms with van der Waals surface area (Å²) >= 11 is 0. The maximum atomic E-state index is 11.2. The summed E-state index contributed by atoms with van der Waals surface area (Å²) in [6.45, 7) is 2.04. The number of hydrogen-bond acceptors (Lipinski definition) is 3. The third-order valence-electron chi connectivity index (χ3n) is 1.72. The molecule has 0 atom stereocenters. The lowest BCUT2D eigenvalue weighted by Crippen LogP contribution is -1.99. The van der Waals surface area contributed by atoms with E-state index in [2.05, 4.69) is 4.98 Å². The van der Waals surface area contributed by atoms with Gasteiger partial charge in [0.2, 0.25) is 0 Å². The van der Waals surface area contributed by atoms with E-state index in [1.807, 2.05) is 6.92 Å². The topological polar surface area (TPSA) is 47.0 Å². The van der Waals surface area contributed by atoms with Gasteiger partial charge in [0.1, 0.15) is 0 Å². The highest BCUT2D eigenvalue weighted by atomic mass is 32.2. The van der Waals surface area contributed by atoms with Crippen molar-refractivity contribution in [3.63, 3.8) is 0 Å². The van der Waals surface area contributed by atoms with Gasteiger partial charge in [-0.3, -0.25) is 4.98 Å². The second kappa shape index (κ2) is 3.87. The molecule has 1 heterocycles. The van der Waals surface area contributed by atoms with Crippen LogP contribution in [-0.4, -0.2) is 19.7 Å². The molecule has 1 rings (SSSR count). The van der Waals surface area contributed by atoms with Gasteiger partial charge in [-0.2, -0.15) is 0 Å². The van der Waals surface area contributed by atoms with E-state index in [4.69, 9.17) is 0 Å². The Kier molecular flexibility index (Phi) is 3.03. The van der Waals surface area contributed by atoms with Crippen molar-refractivity contribution in [1.82, 2.24) is 4.98 Å². The van der Waals surface area contributed by atoms with Crippen LogP contribution in [0.3, 0.4) is 0 Å². The molecule has 0 saturated carbocycles. The van der Waals surface area contributed by atoms with Crippen LogP contribution in [-0.2, 0) is 16.3 Å². The molecule has 0 N–H and O–H groups in total. The Hall–Kier alpha value is -0.900. The Morgan fingerprint density at radius 2 is 2.15 bits per heavy atom. The van der Waals surface area contributed by atoms with E-state index in [9.17, 15) is 8.42 Å². The molecule has 0 unspecified atom stereocenters. The highest BCUT2D eigenvalue weighted by molar-refractivity contribution is 7.90. The highest BCUT2D eigenvalue weighted by Crippen LogP contribution is 2.09. The van der Waals surface area contributed by atoms with Crippen LogP contribution in [0.1, 0.15) is 19.0 Å². The quantitative estimate of drug-likeness (QED) is 0.740.